The van der Waals surface area contributed by atoms with Crippen molar-refractivity contribution in [2.75, 3.05) is 13.1 Å². The third-order valence-corrected chi connectivity index (χ3v) is 6.52. The highest BCUT2D eigenvalue weighted by molar-refractivity contribution is 7.89. The number of halogens is 1. The molecule has 118 valence electrons. The average Bonchev–Trinajstić information content (AvgIpc) is 2.83. The van der Waals surface area contributed by atoms with Gasteiger partial charge in [0.25, 0.3) is 0 Å². The average molecular weight is 331 g/mol. The number of rotatable bonds is 5. The van der Waals surface area contributed by atoms with E-state index in [4.69, 9.17) is 17.3 Å². The zero-order chi connectivity index (χ0) is 15.6. The van der Waals surface area contributed by atoms with Crippen molar-refractivity contribution in [1.82, 2.24) is 4.31 Å². The summed E-state index contributed by atoms with van der Waals surface area (Å²) in [6, 6.07) is 5.25. The van der Waals surface area contributed by atoms with Crippen molar-refractivity contribution >= 4 is 21.6 Å². The quantitative estimate of drug-likeness (QED) is 0.902. The van der Waals surface area contributed by atoms with Gasteiger partial charge in [-0.25, -0.2) is 8.42 Å². The Morgan fingerprint density at radius 1 is 1.43 bits per heavy atom. The molecule has 1 fully saturated rings. The Morgan fingerprint density at radius 3 is 2.71 bits per heavy atom. The first-order valence-corrected chi connectivity index (χ1v) is 9.22. The van der Waals surface area contributed by atoms with Gasteiger partial charge in [-0.1, -0.05) is 31.0 Å². The SMILES string of the molecule is CCCc1ccc(Cl)c(S(=O)(=O)N2CC(CN)CC2C)c1. The minimum Gasteiger partial charge on any atom is -0.330 e. The van der Waals surface area contributed by atoms with Gasteiger partial charge in [0.1, 0.15) is 4.90 Å². The number of hydrogen-bond acceptors (Lipinski definition) is 3. The third kappa shape index (κ3) is 3.42. The molecule has 21 heavy (non-hydrogen) atoms. The number of nitrogens with zero attached hydrogens (tertiary/aromatic N) is 1. The Hall–Kier alpha value is -0.620. The summed E-state index contributed by atoms with van der Waals surface area (Å²) in [5, 5.41) is 0.290. The molecular weight excluding hydrogens is 308 g/mol. The van der Waals surface area contributed by atoms with Crippen LogP contribution in [0.25, 0.3) is 0 Å². The van der Waals surface area contributed by atoms with E-state index in [0.717, 1.165) is 24.8 Å². The van der Waals surface area contributed by atoms with E-state index < -0.39 is 10.0 Å². The van der Waals surface area contributed by atoms with Crippen molar-refractivity contribution in [3.8, 4) is 0 Å². The van der Waals surface area contributed by atoms with Gasteiger partial charge in [-0.3, -0.25) is 0 Å². The van der Waals surface area contributed by atoms with Gasteiger partial charge in [-0.2, -0.15) is 4.31 Å². The standard InChI is InChI=1S/C15H23ClN2O2S/c1-3-4-12-5-6-14(16)15(8-12)21(19,20)18-10-13(9-17)7-11(18)2/h5-6,8,11,13H,3-4,7,9-10,17H2,1-2H3. The first kappa shape index (κ1) is 16.7. The van der Waals surface area contributed by atoms with Crippen molar-refractivity contribution in [3.05, 3.63) is 28.8 Å². The van der Waals surface area contributed by atoms with Crippen LogP contribution in [-0.2, 0) is 16.4 Å². The molecule has 0 bridgehead atoms. The van der Waals surface area contributed by atoms with E-state index in [1.165, 1.54) is 0 Å². The zero-order valence-corrected chi connectivity index (χ0v) is 14.1. The number of hydrogen-bond donors (Lipinski definition) is 1. The molecule has 1 aliphatic heterocycles. The van der Waals surface area contributed by atoms with Gasteiger partial charge in [0.15, 0.2) is 0 Å². The molecular formula is C15H23ClN2O2S. The van der Waals surface area contributed by atoms with Gasteiger partial charge in [0, 0.05) is 12.6 Å². The van der Waals surface area contributed by atoms with E-state index in [2.05, 4.69) is 6.92 Å². The summed E-state index contributed by atoms with van der Waals surface area (Å²) < 4.78 is 27.3. The number of sulfonamides is 1. The molecule has 0 spiro atoms. The van der Waals surface area contributed by atoms with E-state index in [9.17, 15) is 8.42 Å². The number of aryl methyl sites for hydroxylation is 1. The fourth-order valence-corrected chi connectivity index (χ4v) is 5.18. The molecule has 1 aromatic carbocycles. The highest BCUT2D eigenvalue weighted by Gasteiger charge is 2.38. The number of benzene rings is 1. The van der Waals surface area contributed by atoms with Crippen LogP contribution in [0, 0.1) is 5.92 Å². The van der Waals surface area contributed by atoms with Crippen LogP contribution in [0.1, 0.15) is 32.3 Å². The summed E-state index contributed by atoms with van der Waals surface area (Å²) >= 11 is 6.15. The normalized spacial score (nSPS) is 23.6. The van der Waals surface area contributed by atoms with Gasteiger partial charge in [0.2, 0.25) is 10.0 Å². The van der Waals surface area contributed by atoms with Crippen LogP contribution in [0.2, 0.25) is 5.02 Å². The molecule has 1 aliphatic rings. The van der Waals surface area contributed by atoms with Crippen molar-refractivity contribution in [3.63, 3.8) is 0 Å². The molecule has 0 radical (unpaired) electrons. The Labute approximate surface area is 132 Å². The summed E-state index contributed by atoms with van der Waals surface area (Å²) in [4.78, 5) is 0.222. The molecule has 0 amide bonds. The second-order valence-electron chi connectivity index (χ2n) is 5.78. The fourth-order valence-electron chi connectivity index (χ4n) is 2.93. The van der Waals surface area contributed by atoms with Crippen LogP contribution < -0.4 is 5.73 Å². The Morgan fingerprint density at radius 2 is 2.14 bits per heavy atom. The molecule has 1 aromatic rings. The van der Waals surface area contributed by atoms with Crippen LogP contribution in [-0.4, -0.2) is 31.9 Å². The van der Waals surface area contributed by atoms with Crippen LogP contribution >= 0.6 is 11.6 Å². The Balaban J connectivity index is 2.37. The molecule has 0 saturated carbocycles. The third-order valence-electron chi connectivity index (χ3n) is 4.06. The molecule has 0 aliphatic carbocycles. The Kier molecular flexibility index (Phi) is 5.30. The number of nitrogens with two attached hydrogens (primary N) is 1. The van der Waals surface area contributed by atoms with Gasteiger partial charge >= 0.3 is 0 Å². The molecule has 2 unspecified atom stereocenters. The highest BCUT2D eigenvalue weighted by Crippen LogP contribution is 2.32. The van der Waals surface area contributed by atoms with Crippen LogP contribution in [0.3, 0.4) is 0 Å². The highest BCUT2D eigenvalue weighted by atomic mass is 35.5. The zero-order valence-electron chi connectivity index (χ0n) is 12.5. The monoisotopic (exact) mass is 330 g/mol. The molecule has 1 saturated heterocycles. The van der Waals surface area contributed by atoms with E-state index in [0.29, 0.717) is 18.1 Å². The van der Waals surface area contributed by atoms with Crippen molar-refractivity contribution in [2.45, 2.75) is 44.0 Å². The predicted molar refractivity (Wildman–Crippen MR) is 86.0 cm³/mol. The topological polar surface area (TPSA) is 63.4 Å². The van der Waals surface area contributed by atoms with Crippen LogP contribution in [0.5, 0.6) is 0 Å². The molecule has 2 atom stereocenters. The largest absolute Gasteiger partial charge is 0.330 e. The maximum Gasteiger partial charge on any atom is 0.244 e. The second kappa shape index (κ2) is 6.65. The van der Waals surface area contributed by atoms with Crippen LogP contribution in [0.4, 0.5) is 0 Å². The molecule has 2 N–H and O–H groups in total. The summed E-state index contributed by atoms with van der Waals surface area (Å²) in [5.74, 6) is 0.229. The predicted octanol–water partition coefficient (Wildman–Crippen LogP) is 2.65. The molecule has 1 heterocycles. The minimum atomic E-state index is -3.56. The van der Waals surface area contributed by atoms with Crippen LogP contribution in [0.15, 0.2) is 23.1 Å². The van der Waals surface area contributed by atoms with Crippen molar-refractivity contribution in [1.29, 1.82) is 0 Å². The van der Waals surface area contributed by atoms with E-state index in [-0.39, 0.29) is 16.9 Å². The first-order valence-electron chi connectivity index (χ1n) is 7.40. The Bertz CT molecular complexity index is 604. The molecule has 0 aromatic heterocycles. The van der Waals surface area contributed by atoms with Gasteiger partial charge in [0.05, 0.1) is 5.02 Å². The summed E-state index contributed by atoms with van der Waals surface area (Å²) in [7, 11) is -3.56. The van der Waals surface area contributed by atoms with E-state index in [1.54, 1.807) is 16.4 Å². The molecule has 2 rings (SSSR count). The lowest BCUT2D eigenvalue weighted by Gasteiger charge is -2.22. The maximum absolute atomic E-state index is 12.9. The second-order valence-corrected chi connectivity index (χ2v) is 8.04. The lowest BCUT2D eigenvalue weighted by Crippen LogP contribution is -2.34. The van der Waals surface area contributed by atoms with Gasteiger partial charge < -0.3 is 5.73 Å². The minimum absolute atomic E-state index is 0.0329. The van der Waals surface area contributed by atoms with Gasteiger partial charge in [-0.15, -0.1) is 0 Å². The van der Waals surface area contributed by atoms with E-state index >= 15 is 0 Å². The summed E-state index contributed by atoms with van der Waals surface area (Å²) in [6.45, 7) is 4.99. The van der Waals surface area contributed by atoms with Crippen molar-refractivity contribution in [2.24, 2.45) is 11.7 Å². The molecule has 6 heteroatoms. The first-order chi connectivity index (χ1) is 9.90. The lowest BCUT2D eigenvalue weighted by molar-refractivity contribution is 0.404. The van der Waals surface area contributed by atoms with Crippen molar-refractivity contribution < 1.29 is 8.42 Å². The fraction of sp³-hybridized carbons (Fsp3) is 0.600. The smallest absolute Gasteiger partial charge is 0.244 e. The van der Waals surface area contributed by atoms with Gasteiger partial charge in [-0.05, 0) is 49.9 Å². The van der Waals surface area contributed by atoms with E-state index in [1.807, 2.05) is 13.0 Å². The summed E-state index contributed by atoms with van der Waals surface area (Å²) in [5.41, 5.74) is 6.69. The lowest BCUT2D eigenvalue weighted by atomic mass is 10.1. The molecule has 4 nitrogen and oxygen atoms in total. The summed E-state index contributed by atoms with van der Waals surface area (Å²) in [6.07, 6.45) is 2.62. The maximum atomic E-state index is 12.9.